The van der Waals surface area contributed by atoms with E-state index in [-0.39, 0.29) is 5.91 Å². The summed E-state index contributed by atoms with van der Waals surface area (Å²) in [4.78, 5) is 14.6. The van der Waals surface area contributed by atoms with Crippen LogP contribution in [-0.4, -0.2) is 17.4 Å². The molecule has 0 saturated heterocycles. The summed E-state index contributed by atoms with van der Waals surface area (Å²) in [6.45, 7) is 1.53. The lowest BCUT2D eigenvalue weighted by molar-refractivity contribution is 0.0749. The molecule has 0 spiro atoms. The minimum atomic E-state index is 0.164. The highest BCUT2D eigenvalue weighted by atomic mass is 127. The van der Waals surface area contributed by atoms with Crippen molar-refractivity contribution in [3.63, 3.8) is 0 Å². The van der Waals surface area contributed by atoms with E-state index in [0.717, 1.165) is 24.9 Å². The fraction of sp³-hybridized carbons (Fsp3) is 0.235. The van der Waals surface area contributed by atoms with Gasteiger partial charge in [0.25, 0.3) is 5.91 Å². The van der Waals surface area contributed by atoms with Crippen molar-refractivity contribution in [1.82, 2.24) is 4.90 Å². The van der Waals surface area contributed by atoms with Gasteiger partial charge in [0.15, 0.2) is 0 Å². The summed E-state index contributed by atoms with van der Waals surface area (Å²) in [6, 6.07) is 16.4. The van der Waals surface area contributed by atoms with Crippen molar-refractivity contribution in [2.24, 2.45) is 0 Å². The van der Waals surface area contributed by atoms with Gasteiger partial charge in [0, 0.05) is 22.2 Å². The monoisotopic (exact) mass is 377 g/mol. The Labute approximate surface area is 132 Å². The van der Waals surface area contributed by atoms with Crippen LogP contribution in [0, 0.1) is 3.57 Å². The summed E-state index contributed by atoms with van der Waals surface area (Å²) in [5.41, 5.74) is 3.25. The molecule has 2 aromatic rings. The molecule has 0 unspecified atom stereocenters. The lowest BCUT2D eigenvalue weighted by atomic mass is 10.0. The Kier molecular flexibility index (Phi) is 4.05. The highest BCUT2D eigenvalue weighted by Gasteiger charge is 2.21. The van der Waals surface area contributed by atoms with Crippen LogP contribution in [0.15, 0.2) is 48.5 Å². The Bertz CT molecular complexity index is 621. The van der Waals surface area contributed by atoms with E-state index in [1.54, 1.807) is 0 Å². The molecule has 0 aromatic heterocycles. The van der Waals surface area contributed by atoms with Crippen molar-refractivity contribution in [2.75, 3.05) is 6.54 Å². The van der Waals surface area contributed by atoms with Gasteiger partial charge in [-0.25, -0.2) is 0 Å². The highest BCUT2D eigenvalue weighted by Crippen LogP contribution is 2.20. The highest BCUT2D eigenvalue weighted by molar-refractivity contribution is 14.1. The average molecular weight is 377 g/mol. The number of carbonyl (C=O) groups is 1. The van der Waals surface area contributed by atoms with Crippen LogP contribution < -0.4 is 0 Å². The summed E-state index contributed by atoms with van der Waals surface area (Å²) >= 11 is 2.30. The molecule has 2 aromatic carbocycles. The number of hydrogen-bond donors (Lipinski definition) is 0. The Morgan fingerprint density at radius 1 is 1.05 bits per heavy atom. The largest absolute Gasteiger partial charge is 0.334 e. The average Bonchev–Trinajstić information content (AvgIpc) is 2.62. The van der Waals surface area contributed by atoms with E-state index in [4.69, 9.17) is 0 Å². The molecule has 1 aliphatic heterocycles. The second kappa shape index (κ2) is 5.95. The molecule has 0 bridgehead atoms. The SMILES string of the molecule is O=C1c2ccccc2CCCN1Cc1ccc(I)cc1. The molecule has 1 aliphatic rings. The van der Waals surface area contributed by atoms with Gasteiger partial charge >= 0.3 is 0 Å². The Hall–Kier alpha value is -1.36. The van der Waals surface area contributed by atoms with Crippen LogP contribution in [0.25, 0.3) is 0 Å². The molecular weight excluding hydrogens is 361 g/mol. The van der Waals surface area contributed by atoms with Gasteiger partial charge in [0.05, 0.1) is 0 Å². The Morgan fingerprint density at radius 2 is 1.80 bits per heavy atom. The molecule has 0 fully saturated rings. The lowest BCUT2D eigenvalue weighted by Crippen LogP contribution is -2.30. The van der Waals surface area contributed by atoms with Gasteiger partial charge < -0.3 is 4.90 Å². The van der Waals surface area contributed by atoms with Gasteiger partial charge in [-0.15, -0.1) is 0 Å². The third kappa shape index (κ3) is 2.87. The van der Waals surface area contributed by atoms with Crippen molar-refractivity contribution in [3.05, 3.63) is 68.8 Å². The molecular formula is C17H16INO. The van der Waals surface area contributed by atoms with E-state index < -0.39 is 0 Å². The molecule has 3 heteroatoms. The van der Waals surface area contributed by atoms with Crippen LogP contribution >= 0.6 is 22.6 Å². The van der Waals surface area contributed by atoms with Crippen LogP contribution in [0.1, 0.15) is 27.9 Å². The fourth-order valence-corrected chi connectivity index (χ4v) is 3.00. The maximum Gasteiger partial charge on any atom is 0.254 e. The molecule has 20 heavy (non-hydrogen) atoms. The fourth-order valence-electron chi connectivity index (χ4n) is 2.64. The Balaban J connectivity index is 1.84. The first kappa shape index (κ1) is 13.6. The van der Waals surface area contributed by atoms with E-state index in [0.29, 0.717) is 6.54 Å². The first-order valence-electron chi connectivity index (χ1n) is 6.85. The van der Waals surface area contributed by atoms with Gasteiger partial charge in [-0.3, -0.25) is 4.79 Å². The zero-order chi connectivity index (χ0) is 13.9. The molecule has 2 nitrogen and oxygen atoms in total. The number of fused-ring (bicyclic) bond motifs is 1. The number of aryl methyl sites for hydroxylation is 1. The number of benzene rings is 2. The quantitative estimate of drug-likeness (QED) is 0.728. The van der Waals surface area contributed by atoms with Crippen LogP contribution in [0.4, 0.5) is 0 Å². The maximum absolute atomic E-state index is 12.6. The Morgan fingerprint density at radius 3 is 2.60 bits per heavy atom. The van der Waals surface area contributed by atoms with Crippen molar-refractivity contribution in [2.45, 2.75) is 19.4 Å². The summed E-state index contributed by atoms with van der Waals surface area (Å²) < 4.78 is 1.22. The van der Waals surface area contributed by atoms with Crippen molar-refractivity contribution < 1.29 is 4.79 Å². The summed E-state index contributed by atoms with van der Waals surface area (Å²) in [5, 5.41) is 0. The molecule has 1 heterocycles. The summed E-state index contributed by atoms with van der Waals surface area (Å²) in [7, 11) is 0. The van der Waals surface area contributed by atoms with E-state index in [9.17, 15) is 4.79 Å². The number of rotatable bonds is 2. The van der Waals surface area contributed by atoms with Gasteiger partial charge in [0.2, 0.25) is 0 Å². The predicted molar refractivity (Wildman–Crippen MR) is 88.7 cm³/mol. The third-order valence-corrected chi connectivity index (χ3v) is 4.41. The number of carbonyl (C=O) groups excluding carboxylic acids is 1. The number of hydrogen-bond acceptors (Lipinski definition) is 1. The minimum Gasteiger partial charge on any atom is -0.334 e. The smallest absolute Gasteiger partial charge is 0.254 e. The van der Waals surface area contributed by atoms with Crippen LogP contribution in [0.5, 0.6) is 0 Å². The number of amides is 1. The molecule has 0 saturated carbocycles. The van der Waals surface area contributed by atoms with E-state index in [2.05, 4.69) is 52.9 Å². The molecule has 0 atom stereocenters. The zero-order valence-corrected chi connectivity index (χ0v) is 13.3. The van der Waals surface area contributed by atoms with E-state index >= 15 is 0 Å². The standard InChI is InChI=1S/C17H16INO/c18-15-9-7-13(8-10-15)12-19-11-3-5-14-4-1-2-6-16(14)17(19)20/h1-2,4,6-10H,3,5,11-12H2. The summed E-state index contributed by atoms with van der Waals surface area (Å²) in [5.74, 6) is 0.164. The molecule has 0 aliphatic carbocycles. The topological polar surface area (TPSA) is 20.3 Å². The van der Waals surface area contributed by atoms with E-state index in [1.165, 1.54) is 14.7 Å². The molecule has 102 valence electrons. The molecule has 1 amide bonds. The van der Waals surface area contributed by atoms with Crippen LogP contribution in [0.2, 0.25) is 0 Å². The molecule has 0 radical (unpaired) electrons. The summed E-state index contributed by atoms with van der Waals surface area (Å²) in [6.07, 6.45) is 2.03. The van der Waals surface area contributed by atoms with Crippen molar-refractivity contribution in [1.29, 1.82) is 0 Å². The van der Waals surface area contributed by atoms with Gasteiger partial charge in [-0.2, -0.15) is 0 Å². The first-order chi connectivity index (χ1) is 9.74. The zero-order valence-electron chi connectivity index (χ0n) is 11.2. The second-order valence-electron chi connectivity index (χ2n) is 5.11. The third-order valence-electron chi connectivity index (χ3n) is 3.70. The molecule has 3 rings (SSSR count). The van der Waals surface area contributed by atoms with Gasteiger partial charge in [-0.05, 0) is 64.8 Å². The predicted octanol–water partition coefficient (Wildman–Crippen LogP) is 3.88. The number of nitrogens with zero attached hydrogens (tertiary/aromatic N) is 1. The lowest BCUT2D eigenvalue weighted by Gasteiger charge is -2.21. The van der Waals surface area contributed by atoms with Crippen molar-refractivity contribution in [3.8, 4) is 0 Å². The first-order valence-corrected chi connectivity index (χ1v) is 7.93. The second-order valence-corrected chi connectivity index (χ2v) is 6.36. The van der Waals surface area contributed by atoms with E-state index in [1.807, 2.05) is 23.1 Å². The van der Waals surface area contributed by atoms with Crippen molar-refractivity contribution >= 4 is 28.5 Å². The number of halogens is 1. The van der Waals surface area contributed by atoms with Crippen LogP contribution in [0.3, 0.4) is 0 Å². The normalized spacial score (nSPS) is 14.8. The van der Waals surface area contributed by atoms with Gasteiger partial charge in [-0.1, -0.05) is 30.3 Å². The minimum absolute atomic E-state index is 0.164. The van der Waals surface area contributed by atoms with Gasteiger partial charge in [0.1, 0.15) is 0 Å². The van der Waals surface area contributed by atoms with Crippen LogP contribution in [-0.2, 0) is 13.0 Å². The molecule has 0 N–H and O–H groups in total. The maximum atomic E-state index is 12.6.